The molecule has 1 aliphatic heterocycles. The Kier molecular flexibility index (Phi) is 4.96. The van der Waals surface area contributed by atoms with Crippen LogP contribution in [0, 0.1) is 0 Å². The van der Waals surface area contributed by atoms with E-state index in [1.807, 2.05) is 0 Å². The van der Waals surface area contributed by atoms with Crippen molar-refractivity contribution in [3.8, 4) is 0 Å². The number of carbonyl (C=O) groups excluding carboxylic acids is 1. The van der Waals surface area contributed by atoms with Crippen LogP contribution in [0.15, 0.2) is 29.2 Å². The summed E-state index contributed by atoms with van der Waals surface area (Å²) in [5, 5.41) is 0. The molecule has 134 valence electrons. The monoisotopic (exact) mass is 365 g/mol. The van der Waals surface area contributed by atoms with E-state index >= 15 is 0 Å². The van der Waals surface area contributed by atoms with E-state index in [1.165, 1.54) is 4.90 Å². The summed E-state index contributed by atoms with van der Waals surface area (Å²) in [6.07, 6.45) is -4.54. The van der Waals surface area contributed by atoms with Gasteiger partial charge in [-0.3, -0.25) is 4.79 Å². The molecule has 24 heavy (non-hydrogen) atoms. The van der Waals surface area contributed by atoms with Crippen molar-refractivity contribution in [3.63, 3.8) is 0 Å². The van der Waals surface area contributed by atoms with Gasteiger partial charge in [0.2, 0.25) is 5.91 Å². The Morgan fingerprint density at radius 1 is 1.25 bits per heavy atom. The zero-order valence-electron chi connectivity index (χ0n) is 13.3. The fraction of sp³-hybridized carbons (Fsp3) is 0.533. The standard InChI is InChI=1S/C15H18F3NO4S/c1-14(2)10-19(7-8-23-14)13(20)9-24(21,22)12-5-3-11(4-6-12)15(16,17)18/h3-6H,7-10H2,1-2H3. The predicted molar refractivity (Wildman–Crippen MR) is 80.1 cm³/mol. The Hall–Kier alpha value is -1.61. The maximum absolute atomic E-state index is 12.5. The molecule has 1 saturated heterocycles. The van der Waals surface area contributed by atoms with Gasteiger partial charge in [-0.25, -0.2) is 8.42 Å². The minimum Gasteiger partial charge on any atom is -0.372 e. The molecule has 1 heterocycles. The fourth-order valence-electron chi connectivity index (χ4n) is 2.42. The Morgan fingerprint density at radius 2 is 1.83 bits per heavy atom. The third-order valence-electron chi connectivity index (χ3n) is 3.63. The molecule has 1 aromatic rings. The molecule has 0 atom stereocenters. The van der Waals surface area contributed by atoms with Crippen molar-refractivity contribution in [2.75, 3.05) is 25.4 Å². The molecule has 0 N–H and O–H groups in total. The molecule has 0 bridgehead atoms. The first kappa shape index (κ1) is 18.7. The number of ether oxygens (including phenoxy) is 1. The summed E-state index contributed by atoms with van der Waals surface area (Å²) in [5.41, 5.74) is -1.51. The van der Waals surface area contributed by atoms with Crippen molar-refractivity contribution in [1.29, 1.82) is 0 Å². The number of carbonyl (C=O) groups is 1. The highest BCUT2D eigenvalue weighted by Crippen LogP contribution is 2.30. The minimum absolute atomic E-state index is 0.258. The maximum Gasteiger partial charge on any atom is 0.416 e. The zero-order chi connectivity index (χ0) is 18.2. The van der Waals surface area contributed by atoms with Crippen LogP contribution < -0.4 is 0 Å². The lowest BCUT2D eigenvalue weighted by Gasteiger charge is -2.38. The third-order valence-corrected chi connectivity index (χ3v) is 5.25. The van der Waals surface area contributed by atoms with Gasteiger partial charge in [0, 0.05) is 13.1 Å². The van der Waals surface area contributed by atoms with Crippen molar-refractivity contribution < 1.29 is 31.1 Å². The molecule has 1 amide bonds. The van der Waals surface area contributed by atoms with Gasteiger partial charge in [-0.1, -0.05) is 0 Å². The Labute approximate surface area is 138 Å². The largest absolute Gasteiger partial charge is 0.416 e. The quantitative estimate of drug-likeness (QED) is 0.823. The zero-order valence-corrected chi connectivity index (χ0v) is 14.1. The number of rotatable bonds is 3. The summed E-state index contributed by atoms with van der Waals surface area (Å²) in [4.78, 5) is 13.3. The van der Waals surface area contributed by atoms with E-state index in [2.05, 4.69) is 0 Å². The third kappa shape index (κ3) is 4.47. The number of alkyl halides is 3. The summed E-state index contributed by atoms with van der Waals surface area (Å²) in [6, 6.07) is 3.12. The SMILES string of the molecule is CC1(C)CN(C(=O)CS(=O)(=O)c2ccc(C(F)(F)F)cc2)CCO1. The van der Waals surface area contributed by atoms with Crippen molar-refractivity contribution in [3.05, 3.63) is 29.8 Å². The number of morpholine rings is 1. The summed E-state index contributed by atoms with van der Waals surface area (Å²) in [7, 11) is -4.01. The number of sulfone groups is 1. The Morgan fingerprint density at radius 3 is 2.33 bits per heavy atom. The Balaban J connectivity index is 2.12. The molecule has 2 rings (SSSR count). The molecule has 0 spiro atoms. The van der Waals surface area contributed by atoms with Crippen LogP contribution in [0.4, 0.5) is 13.2 Å². The van der Waals surface area contributed by atoms with E-state index in [4.69, 9.17) is 4.74 Å². The number of halogens is 3. The maximum atomic E-state index is 12.5. The van der Waals surface area contributed by atoms with Crippen LogP contribution in [0.25, 0.3) is 0 Å². The minimum atomic E-state index is -4.54. The van der Waals surface area contributed by atoms with E-state index in [0.717, 1.165) is 12.1 Å². The summed E-state index contributed by atoms with van der Waals surface area (Å²) in [5.74, 6) is -1.37. The smallest absolute Gasteiger partial charge is 0.372 e. The average Bonchev–Trinajstić information content (AvgIpc) is 2.45. The first-order valence-electron chi connectivity index (χ1n) is 7.22. The summed E-state index contributed by atoms with van der Waals surface area (Å²) >= 11 is 0. The fourth-order valence-corrected chi connectivity index (χ4v) is 3.64. The lowest BCUT2D eigenvalue weighted by molar-refractivity contribution is -0.143. The topological polar surface area (TPSA) is 63.7 Å². The molecule has 5 nitrogen and oxygen atoms in total. The van der Waals surface area contributed by atoms with Gasteiger partial charge in [0.25, 0.3) is 0 Å². The van der Waals surface area contributed by atoms with E-state index in [-0.39, 0.29) is 18.0 Å². The van der Waals surface area contributed by atoms with Gasteiger partial charge >= 0.3 is 6.18 Å². The first-order valence-corrected chi connectivity index (χ1v) is 8.88. The first-order chi connectivity index (χ1) is 10.9. The second kappa shape index (κ2) is 6.36. The van der Waals surface area contributed by atoms with Crippen molar-refractivity contribution in [2.24, 2.45) is 0 Å². The van der Waals surface area contributed by atoms with E-state index < -0.39 is 38.8 Å². The lowest BCUT2D eigenvalue weighted by Crippen LogP contribution is -2.51. The van der Waals surface area contributed by atoms with Crippen LogP contribution in [0.2, 0.25) is 0 Å². The van der Waals surface area contributed by atoms with Gasteiger partial charge < -0.3 is 9.64 Å². The molecule has 0 aromatic heterocycles. The molecular formula is C15H18F3NO4S. The summed E-state index contributed by atoms with van der Waals surface area (Å²) < 4.78 is 67.5. The molecule has 0 aliphatic carbocycles. The number of nitrogens with zero attached hydrogens (tertiary/aromatic N) is 1. The lowest BCUT2D eigenvalue weighted by atomic mass is 10.1. The number of benzene rings is 1. The number of hydrogen-bond acceptors (Lipinski definition) is 4. The molecule has 1 fully saturated rings. The van der Waals surface area contributed by atoms with Crippen molar-refractivity contribution in [1.82, 2.24) is 4.90 Å². The predicted octanol–water partition coefficient (Wildman–Crippen LogP) is 2.12. The van der Waals surface area contributed by atoms with Crippen LogP contribution >= 0.6 is 0 Å². The normalized spacial score (nSPS) is 18.5. The van der Waals surface area contributed by atoms with Gasteiger partial charge in [-0.2, -0.15) is 13.2 Å². The second-order valence-electron chi connectivity index (χ2n) is 6.20. The number of hydrogen-bond donors (Lipinski definition) is 0. The molecule has 1 aliphatic rings. The molecule has 0 radical (unpaired) electrons. The van der Waals surface area contributed by atoms with Gasteiger partial charge in [0.15, 0.2) is 9.84 Å². The highest BCUT2D eigenvalue weighted by Gasteiger charge is 2.33. The van der Waals surface area contributed by atoms with Crippen LogP contribution in [0.1, 0.15) is 19.4 Å². The molecule has 1 aromatic carbocycles. The second-order valence-corrected chi connectivity index (χ2v) is 8.19. The van der Waals surface area contributed by atoms with Gasteiger partial charge in [0.05, 0.1) is 22.7 Å². The van der Waals surface area contributed by atoms with Gasteiger partial charge in [-0.15, -0.1) is 0 Å². The van der Waals surface area contributed by atoms with Gasteiger partial charge in [0.1, 0.15) is 5.75 Å². The van der Waals surface area contributed by atoms with Crippen LogP contribution in [-0.4, -0.2) is 50.3 Å². The molecule has 0 unspecified atom stereocenters. The Bertz CT molecular complexity index is 711. The van der Waals surface area contributed by atoms with Gasteiger partial charge in [-0.05, 0) is 38.1 Å². The van der Waals surface area contributed by atoms with Crippen LogP contribution in [0.5, 0.6) is 0 Å². The number of amides is 1. The highest BCUT2D eigenvalue weighted by molar-refractivity contribution is 7.92. The van der Waals surface area contributed by atoms with E-state index in [9.17, 15) is 26.4 Å². The van der Waals surface area contributed by atoms with E-state index in [0.29, 0.717) is 18.7 Å². The van der Waals surface area contributed by atoms with Crippen LogP contribution in [-0.2, 0) is 25.5 Å². The van der Waals surface area contributed by atoms with E-state index in [1.54, 1.807) is 13.8 Å². The average molecular weight is 365 g/mol. The summed E-state index contributed by atoms with van der Waals surface area (Å²) in [6.45, 7) is 4.42. The molecule has 0 saturated carbocycles. The van der Waals surface area contributed by atoms with Crippen molar-refractivity contribution >= 4 is 15.7 Å². The highest BCUT2D eigenvalue weighted by atomic mass is 32.2. The van der Waals surface area contributed by atoms with Crippen molar-refractivity contribution in [2.45, 2.75) is 30.5 Å². The molecular weight excluding hydrogens is 347 g/mol. The van der Waals surface area contributed by atoms with Crippen LogP contribution in [0.3, 0.4) is 0 Å². The molecule has 9 heteroatoms.